The first-order valence-electron chi connectivity index (χ1n) is 10.7. The van der Waals surface area contributed by atoms with Crippen molar-refractivity contribution >= 4 is 0 Å². The molecule has 3 saturated carbocycles. The van der Waals surface area contributed by atoms with Crippen LogP contribution in [0.15, 0.2) is 0 Å². The second-order valence-electron chi connectivity index (χ2n) is 9.03. The van der Waals surface area contributed by atoms with Gasteiger partial charge in [0.1, 0.15) is 30.6 Å². The van der Waals surface area contributed by atoms with Crippen molar-refractivity contribution in [1.82, 2.24) is 0 Å². The number of rotatable bonds is 5. The molecule has 0 heterocycles. The first kappa shape index (κ1) is 24.9. The molecule has 2 nitrogen and oxygen atoms in total. The fourth-order valence-corrected chi connectivity index (χ4v) is 5.31. The van der Waals surface area contributed by atoms with Gasteiger partial charge in [-0.2, -0.15) is 8.78 Å². The van der Waals surface area contributed by atoms with Gasteiger partial charge >= 0.3 is 12.5 Å². The Morgan fingerprint density at radius 3 is 1.68 bits per heavy atom. The zero-order chi connectivity index (χ0) is 23.0. The molecular formula is C20H27F9O2. The summed E-state index contributed by atoms with van der Waals surface area (Å²) in [5.74, 6) is -2.95. The van der Waals surface area contributed by atoms with Gasteiger partial charge in [-0.3, -0.25) is 4.74 Å². The van der Waals surface area contributed by atoms with Crippen molar-refractivity contribution in [3.63, 3.8) is 0 Å². The molecule has 182 valence electrons. The highest BCUT2D eigenvalue weighted by atomic mass is 19.4. The van der Waals surface area contributed by atoms with E-state index in [1.54, 1.807) is 0 Å². The van der Waals surface area contributed by atoms with Crippen LogP contribution in [0.3, 0.4) is 0 Å². The van der Waals surface area contributed by atoms with Crippen LogP contribution in [0.25, 0.3) is 0 Å². The van der Waals surface area contributed by atoms with Crippen molar-refractivity contribution in [2.75, 3.05) is 0 Å². The summed E-state index contributed by atoms with van der Waals surface area (Å²) >= 11 is 0. The van der Waals surface area contributed by atoms with E-state index in [2.05, 4.69) is 9.47 Å². The van der Waals surface area contributed by atoms with Gasteiger partial charge < -0.3 is 4.74 Å². The monoisotopic (exact) mass is 470 g/mol. The lowest BCUT2D eigenvalue weighted by Gasteiger charge is -2.43. The van der Waals surface area contributed by atoms with Crippen molar-refractivity contribution in [2.45, 2.75) is 107 Å². The maximum Gasteiger partial charge on any atom is 0.522 e. The number of ether oxygens (including phenoxy) is 2. The van der Waals surface area contributed by atoms with Gasteiger partial charge in [-0.15, -0.1) is 13.2 Å². The minimum Gasteiger partial charge on any atom is -0.317 e. The molecule has 3 fully saturated rings. The maximum atomic E-state index is 14.7. The van der Waals surface area contributed by atoms with Gasteiger partial charge in [-0.05, 0) is 63.2 Å². The summed E-state index contributed by atoms with van der Waals surface area (Å²) in [6.45, 7) is 0. The Labute approximate surface area is 174 Å². The van der Waals surface area contributed by atoms with Gasteiger partial charge in [-0.1, -0.05) is 0 Å². The molecule has 31 heavy (non-hydrogen) atoms. The Bertz CT molecular complexity index is 567. The van der Waals surface area contributed by atoms with Crippen LogP contribution in [0, 0.1) is 17.8 Å². The summed E-state index contributed by atoms with van der Waals surface area (Å²) in [5.41, 5.74) is 0. The van der Waals surface area contributed by atoms with Crippen molar-refractivity contribution < 1.29 is 49.0 Å². The zero-order valence-corrected chi connectivity index (χ0v) is 16.8. The highest BCUT2D eigenvalue weighted by Gasteiger charge is 2.56. The van der Waals surface area contributed by atoms with Gasteiger partial charge in [0, 0.05) is 6.42 Å². The molecule has 0 bridgehead atoms. The summed E-state index contributed by atoms with van der Waals surface area (Å²) in [7, 11) is 0. The predicted molar refractivity (Wildman–Crippen MR) is 92.4 cm³/mol. The van der Waals surface area contributed by atoms with Gasteiger partial charge in [0.2, 0.25) is 0 Å². The summed E-state index contributed by atoms with van der Waals surface area (Å²) in [5, 5.41) is 0. The Morgan fingerprint density at radius 1 is 0.581 bits per heavy atom. The molecule has 0 aliphatic heterocycles. The lowest BCUT2D eigenvalue weighted by atomic mass is 9.69. The summed E-state index contributed by atoms with van der Waals surface area (Å²) < 4.78 is 131. The predicted octanol–water partition coefficient (Wildman–Crippen LogP) is 6.62. The SMILES string of the molecule is FC1CCC(C2CC(F)C(C(F)(F)OC3CCC(OC(F)(F)F)C(F)C3)C(F)C2)CC1. The third kappa shape index (κ3) is 6.42. The Balaban J connectivity index is 1.55. The molecule has 11 heteroatoms. The van der Waals surface area contributed by atoms with Crippen LogP contribution in [-0.2, 0) is 9.47 Å². The summed E-state index contributed by atoms with van der Waals surface area (Å²) in [4.78, 5) is 0. The van der Waals surface area contributed by atoms with Crippen LogP contribution in [0.2, 0.25) is 0 Å². The smallest absolute Gasteiger partial charge is 0.317 e. The third-order valence-electron chi connectivity index (χ3n) is 6.86. The molecular weight excluding hydrogens is 443 g/mol. The first-order valence-corrected chi connectivity index (χ1v) is 10.7. The number of hydrogen-bond donors (Lipinski definition) is 0. The van der Waals surface area contributed by atoms with Gasteiger partial charge in [0.25, 0.3) is 0 Å². The van der Waals surface area contributed by atoms with E-state index >= 15 is 0 Å². The summed E-state index contributed by atoms with van der Waals surface area (Å²) in [6.07, 6.45) is -20.8. The summed E-state index contributed by atoms with van der Waals surface area (Å²) in [6, 6.07) is 0. The minimum absolute atomic E-state index is 0.116. The van der Waals surface area contributed by atoms with Crippen LogP contribution >= 0.6 is 0 Å². The third-order valence-corrected chi connectivity index (χ3v) is 6.86. The van der Waals surface area contributed by atoms with Crippen molar-refractivity contribution in [3.8, 4) is 0 Å². The lowest BCUT2D eigenvalue weighted by molar-refractivity contribution is -0.359. The molecule has 3 rings (SSSR count). The average molecular weight is 470 g/mol. The molecule has 0 N–H and O–H groups in total. The number of hydrogen-bond acceptors (Lipinski definition) is 2. The van der Waals surface area contributed by atoms with Crippen LogP contribution in [0.4, 0.5) is 39.5 Å². The second-order valence-corrected chi connectivity index (χ2v) is 9.03. The largest absolute Gasteiger partial charge is 0.522 e. The van der Waals surface area contributed by atoms with Crippen LogP contribution < -0.4 is 0 Å². The molecule has 0 saturated heterocycles. The molecule has 0 radical (unpaired) electrons. The van der Waals surface area contributed by atoms with Gasteiger partial charge in [0.05, 0.1) is 12.2 Å². The quantitative estimate of drug-likeness (QED) is 0.421. The highest BCUT2D eigenvalue weighted by molar-refractivity contribution is 4.95. The molecule has 0 aromatic carbocycles. The highest BCUT2D eigenvalue weighted by Crippen LogP contribution is 2.48. The van der Waals surface area contributed by atoms with E-state index in [0.29, 0.717) is 25.7 Å². The molecule has 5 unspecified atom stereocenters. The first-order chi connectivity index (χ1) is 14.4. The Hall–Kier alpha value is -0.710. The topological polar surface area (TPSA) is 18.5 Å². The van der Waals surface area contributed by atoms with Crippen LogP contribution in [-0.4, -0.2) is 49.4 Å². The fraction of sp³-hybridized carbons (Fsp3) is 1.00. The van der Waals surface area contributed by atoms with E-state index in [0.717, 1.165) is 0 Å². The van der Waals surface area contributed by atoms with Crippen molar-refractivity contribution in [2.24, 2.45) is 17.8 Å². The van der Waals surface area contributed by atoms with Crippen molar-refractivity contribution in [3.05, 3.63) is 0 Å². The maximum absolute atomic E-state index is 14.7. The number of halogens is 9. The number of alkyl halides is 9. The molecule has 5 atom stereocenters. The van der Waals surface area contributed by atoms with Crippen molar-refractivity contribution in [1.29, 1.82) is 0 Å². The van der Waals surface area contributed by atoms with E-state index in [-0.39, 0.29) is 25.2 Å². The Kier molecular flexibility index (Phi) is 7.76. The standard InChI is InChI=1S/C20H27F9O2/c21-12-3-1-10(2-4-12)11-7-15(23)18(16(24)8-11)19(25,26)30-13-5-6-17(14(22)9-13)31-20(27,28)29/h10-18H,1-9H2. The average Bonchev–Trinajstić information content (AvgIpc) is 2.62. The fourth-order valence-electron chi connectivity index (χ4n) is 5.31. The molecule has 0 amide bonds. The van der Waals surface area contributed by atoms with E-state index < -0.39 is 74.0 Å². The van der Waals surface area contributed by atoms with Gasteiger partial charge in [-0.25, -0.2) is 17.6 Å². The normalized spacial score (nSPS) is 43.1. The molecule has 3 aliphatic carbocycles. The molecule has 0 aromatic heterocycles. The Morgan fingerprint density at radius 2 is 1.16 bits per heavy atom. The van der Waals surface area contributed by atoms with Gasteiger partial charge in [0.15, 0.2) is 0 Å². The van der Waals surface area contributed by atoms with E-state index in [4.69, 9.17) is 0 Å². The lowest BCUT2D eigenvalue weighted by Crippen LogP contribution is -2.51. The minimum atomic E-state index is -5.06. The molecule has 0 spiro atoms. The van der Waals surface area contributed by atoms with Crippen LogP contribution in [0.5, 0.6) is 0 Å². The zero-order valence-electron chi connectivity index (χ0n) is 16.8. The molecule has 0 aromatic rings. The van der Waals surface area contributed by atoms with E-state index in [1.807, 2.05) is 0 Å². The van der Waals surface area contributed by atoms with Crippen LogP contribution in [0.1, 0.15) is 57.8 Å². The van der Waals surface area contributed by atoms with E-state index in [9.17, 15) is 39.5 Å². The molecule has 3 aliphatic rings. The van der Waals surface area contributed by atoms with E-state index in [1.165, 1.54) is 0 Å². The second kappa shape index (κ2) is 9.65.